The van der Waals surface area contributed by atoms with E-state index in [4.69, 9.17) is 14.0 Å². The number of esters is 2. The predicted octanol–water partition coefficient (Wildman–Crippen LogP) is 6.25. The number of nitrogens with zero attached hydrogens (tertiary/aromatic N) is 1. The van der Waals surface area contributed by atoms with Gasteiger partial charge in [0.25, 0.3) is 0 Å². The maximum absolute atomic E-state index is 12.6. The smallest absolute Gasteiger partial charge is 0.306 e. The fourth-order valence-corrected chi connectivity index (χ4v) is 4.99. The third kappa shape index (κ3) is 6.82. The monoisotopic (exact) mass is 447 g/mol. The molecule has 1 aromatic rings. The van der Waals surface area contributed by atoms with Gasteiger partial charge in [-0.15, -0.1) is 0 Å². The molecule has 3 rings (SSSR count). The standard InChI is InChI=1S/C26H41NO5/c1-25(2,3)15-16-12-19(13-16)24-22(17-8-9-17)23(27-32-24)18(10-11-20(28)30-7)14-21(29)31-26(4,5)6/h16-19H,8-15H2,1-7H3. The fourth-order valence-electron chi connectivity index (χ4n) is 4.99. The van der Waals surface area contributed by atoms with Gasteiger partial charge in [0, 0.05) is 23.8 Å². The van der Waals surface area contributed by atoms with Gasteiger partial charge in [0.1, 0.15) is 11.4 Å². The zero-order valence-electron chi connectivity index (χ0n) is 21.0. The minimum absolute atomic E-state index is 0.192. The minimum Gasteiger partial charge on any atom is -0.469 e. The molecule has 0 N–H and O–H groups in total. The van der Waals surface area contributed by atoms with Crippen LogP contribution in [0.4, 0.5) is 0 Å². The molecule has 32 heavy (non-hydrogen) atoms. The first-order chi connectivity index (χ1) is 14.9. The molecule has 1 unspecified atom stereocenters. The molecule has 1 aromatic heterocycles. The van der Waals surface area contributed by atoms with Crippen molar-refractivity contribution in [2.45, 2.75) is 116 Å². The molecule has 6 nitrogen and oxygen atoms in total. The van der Waals surface area contributed by atoms with E-state index in [1.807, 2.05) is 20.8 Å². The highest BCUT2D eigenvalue weighted by Crippen LogP contribution is 2.53. The Kier molecular flexibility index (Phi) is 7.41. The van der Waals surface area contributed by atoms with Gasteiger partial charge in [0.15, 0.2) is 0 Å². The first kappa shape index (κ1) is 24.8. The Morgan fingerprint density at radius 3 is 2.25 bits per heavy atom. The Morgan fingerprint density at radius 1 is 1.06 bits per heavy atom. The molecule has 6 heteroatoms. The second-order valence-corrected chi connectivity index (χ2v) is 12.0. The van der Waals surface area contributed by atoms with Crippen LogP contribution in [0.5, 0.6) is 0 Å². The van der Waals surface area contributed by atoms with Crippen LogP contribution < -0.4 is 0 Å². The number of aromatic nitrogens is 1. The second kappa shape index (κ2) is 9.56. The number of carbonyl (C=O) groups excluding carboxylic acids is 2. The predicted molar refractivity (Wildman–Crippen MR) is 122 cm³/mol. The topological polar surface area (TPSA) is 78.6 Å². The van der Waals surface area contributed by atoms with E-state index in [-0.39, 0.29) is 30.7 Å². The Balaban J connectivity index is 1.78. The van der Waals surface area contributed by atoms with Crippen molar-refractivity contribution in [2.24, 2.45) is 11.3 Å². The largest absolute Gasteiger partial charge is 0.469 e. The lowest BCUT2D eigenvalue weighted by Gasteiger charge is -2.38. The van der Waals surface area contributed by atoms with Crippen molar-refractivity contribution < 1.29 is 23.6 Å². The van der Waals surface area contributed by atoms with Crippen LogP contribution in [-0.4, -0.2) is 29.8 Å². The van der Waals surface area contributed by atoms with Crippen molar-refractivity contribution in [1.82, 2.24) is 5.16 Å². The van der Waals surface area contributed by atoms with Gasteiger partial charge in [0.2, 0.25) is 0 Å². The summed E-state index contributed by atoms with van der Waals surface area (Å²) in [5, 5.41) is 4.50. The molecular weight excluding hydrogens is 406 g/mol. The molecule has 0 bridgehead atoms. The van der Waals surface area contributed by atoms with Crippen molar-refractivity contribution in [1.29, 1.82) is 0 Å². The molecule has 2 aliphatic carbocycles. The molecule has 1 atom stereocenters. The lowest BCUT2D eigenvalue weighted by atomic mass is 9.66. The van der Waals surface area contributed by atoms with Gasteiger partial charge in [-0.3, -0.25) is 9.59 Å². The van der Waals surface area contributed by atoms with Crippen LogP contribution in [0.15, 0.2) is 4.52 Å². The Hall–Kier alpha value is -1.85. The average Bonchev–Trinajstić information content (AvgIpc) is 3.37. The Morgan fingerprint density at radius 2 is 1.72 bits per heavy atom. The van der Waals surface area contributed by atoms with Gasteiger partial charge in [0.05, 0.1) is 19.2 Å². The van der Waals surface area contributed by atoms with Gasteiger partial charge < -0.3 is 14.0 Å². The molecule has 0 aliphatic heterocycles. The van der Waals surface area contributed by atoms with E-state index in [9.17, 15) is 9.59 Å². The number of hydrogen-bond donors (Lipinski definition) is 0. The van der Waals surface area contributed by atoms with Crippen LogP contribution in [0, 0.1) is 11.3 Å². The summed E-state index contributed by atoms with van der Waals surface area (Å²) >= 11 is 0. The number of hydrogen-bond acceptors (Lipinski definition) is 6. The highest BCUT2D eigenvalue weighted by atomic mass is 16.6. The summed E-state index contributed by atoms with van der Waals surface area (Å²) in [6, 6.07) is 0. The summed E-state index contributed by atoms with van der Waals surface area (Å²) in [5.41, 5.74) is 1.86. The number of ether oxygens (including phenoxy) is 2. The SMILES string of the molecule is COC(=O)CCC(CC(=O)OC(C)(C)C)c1noc(C2CC(CC(C)(C)C)C2)c1C1CC1. The van der Waals surface area contributed by atoms with Gasteiger partial charge in [-0.1, -0.05) is 25.9 Å². The molecule has 0 amide bonds. The second-order valence-electron chi connectivity index (χ2n) is 12.0. The van der Waals surface area contributed by atoms with E-state index in [0.29, 0.717) is 23.7 Å². The zero-order chi connectivity index (χ0) is 23.7. The Bertz CT molecular complexity index is 803. The maximum atomic E-state index is 12.6. The molecule has 2 saturated carbocycles. The Labute approximate surface area is 192 Å². The van der Waals surface area contributed by atoms with E-state index < -0.39 is 5.60 Å². The van der Waals surface area contributed by atoms with Crippen LogP contribution in [0.1, 0.15) is 128 Å². The normalized spacial score (nSPS) is 22.2. The van der Waals surface area contributed by atoms with Gasteiger partial charge in [-0.05, 0) is 76.5 Å². The van der Waals surface area contributed by atoms with Crippen LogP contribution in [0.3, 0.4) is 0 Å². The number of methoxy groups -OCH3 is 1. The van der Waals surface area contributed by atoms with Gasteiger partial charge >= 0.3 is 11.9 Å². The first-order valence-corrected chi connectivity index (χ1v) is 12.1. The highest BCUT2D eigenvalue weighted by molar-refractivity contribution is 5.72. The van der Waals surface area contributed by atoms with Crippen molar-refractivity contribution >= 4 is 11.9 Å². The van der Waals surface area contributed by atoms with E-state index in [2.05, 4.69) is 25.9 Å². The third-order valence-electron chi connectivity index (χ3n) is 6.42. The lowest BCUT2D eigenvalue weighted by molar-refractivity contribution is -0.155. The molecule has 0 radical (unpaired) electrons. The third-order valence-corrected chi connectivity index (χ3v) is 6.42. The van der Waals surface area contributed by atoms with Gasteiger partial charge in [-0.25, -0.2) is 0 Å². The summed E-state index contributed by atoms with van der Waals surface area (Å²) in [6.45, 7) is 12.5. The molecule has 1 heterocycles. The van der Waals surface area contributed by atoms with Crippen molar-refractivity contribution in [3.63, 3.8) is 0 Å². The summed E-state index contributed by atoms with van der Waals surface area (Å²) in [6.07, 6.45) is 6.71. The molecule has 0 aromatic carbocycles. The molecule has 180 valence electrons. The number of carbonyl (C=O) groups is 2. The van der Waals surface area contributed by atoms with E-state index in [1.54, 1.807) is 0 Å². The summed E-state index contributed by atoms with van der Waals surface area (Å²) in [5.74, 6) is 1.89. The summed E-state index contributed by atoms with van der Waals surface area (Å²) in [4.78, 5) is 24.5. The molecule has 0 spiro atoms. The summed E-state index contributed by atoms with van der Waals surface area (Å²) < 4.78 is 16.4. The van der Waals surface area contributed by atoms with Gasteiger partial charge in [-0.2, -0.15) is 0 Å². The van der Waals surface area contributed by atoms with E-state index in [0.717, 1.165) is 43.1 Å². The molecule has 2 fully saturated rings. The fraction of sp³-hybridized carbons (Fsp3) is 0.808. The van der Waals surface area contributed by atoms with Crippen molar-refractivity contribution in [3.05, 3.63) is 17.0 Å². The van der Waals surface area contributed by atoms with E-state index >= 15 is 0 Å². The van der Waals surface area contributed by atoms with Crippen LogP contribution in [0.2, 0.25) is 0 Å². The zero-order valence-corrected chi connectivity index (χ0v) is 21.0. The number of rotatable bonds is 9. The molecular formula is C26H41NO5. The first-order valence-electron chi connectivity index (χ1n) is 12.1. The van der Waals surface area contributed by atoms with Crippen molar-refractivity contribution in [2.75, 3.05) is 7.11 Å². The minimum atomic E-state index is -0.549. The van der Waals surface area contributed by atoms with Crippen LogP contribution in [0.25, 0.3) is 0 Å². The molecule has 0 saturated heterocycles. The van der Waals surface area contributed by atoms with Crippen molar-refractivity contribution in [3.8, 4) is 0 Å². The summed E-state index contributed by atoms with van der Waals surface area (Å²) in [7, 11) is 1.39. The highest BCUT2D eigenvalue weighted by Gasteiger charge is 2.42. The van der Waals surface area contributed by atoms with E-state index in [1.165, 1.54) is 19.1 Å². The maximum Gasteiger partial charge on any atom is 0.306 e. The quantitative estimate of drug-likeness (QED) is 0.416. The molecule has 2 aliphatic rings. The van der Waals surface area contributed by atoms with Crippen LogP contribution in [-0.2, 0) is 19.1 Å². The average molecular weight is 448 g/mol. The lowest BCUT2D eigenvalue weighted by Crippen LogP contribution is -2.26. The van der Waals surface area contributed by atoms with Crippen LogP contribution >= 0.6 is 0 Å².